The Morgan fingerprint density at radius 1 is 0.903 bits per heavy atom. The third-order valence-corrected chi connectivity index (χ3v) is 6.39. The lowest BCUT2D eigenvalue weighted by molar-refractivity contribution is -0.121. The summed E-state index contributed by atoms with van der Waals surface area (Å²) in [7, 11) is 0. The summed E-state index contributed by atoms with van der Waals surface area (Å²) in [6, 6.07) is 8.76. The van der Waals surface area contributed by atoms with E-state index in [0.717, 1.165) is 24.9 Å². The normalized spacial score (nSPS) is 18.2. The average Bonchev–Trinajstić information content (AvgIpc) is 3.05. The van der Waals surface area contributed by atoms with Crippen LogP contribution in [-0.4, -0.2) is 42.5 Å². The van der Waals surface area contributed by atoms with Crippen LogP contribution in [0, 0.1) is 0 Å². The van der Waals surface area contributed by atoms with E-state index < -0.39 is 0 Å². The number of nitrogens with one attached hydrogen (secondary N) is 3. The van der Waals surface area contributed by atoms with Crippen molar-refractivity contribution in [1.29, 1.82) is 0 Å². The minimum Gasteiger partial charge on any atom is -0.352 e. The second-order valence-corrected chi connectivity index (χ2v) is 9.13. The van der Waals surface area contributed by atoms with Crippen molar-refractivity contribution in [2.24, 2.45) is 0 Å². The number of benzene rings is 1. The van der Waals surface area contributed by atoms with Crippen LogP contribution in [-0.2, 0) is 17.9 Å². The van der Waals surface area contributed by atoms with Gasteiger partial charge in [-0.2, -0.15) is 0 Å². The summed E-state index contributed by atoms with van der Waals surface area (Å²) >= 11 is 0. The van der Waals surface area contributed by atoms with Crippen molar-refractivity contribution in [3.05, 3.63) is 35.4 Å². The monoisotopic (exact) mass is 428 g/mol. The molecule has 6 heteroatoms. The van der Waals surface area contributed by atoms with Gasteiger partial charge in [-0.1, -0.05) is 56.4 Å². The minimum absolute atomic E-state index is 0.0346. The van der Waals surface area contributed by atoms with Gasteiger partial charge < -0.3 is 16.0 Å². The Morgan fingerprint density at radius 3 is 2.39 bits per heavy atom. The van der Waals surface area contributed by atoms with E-state index in [0.29, 0.717) is 32.0 Å². The van der Waals surface area contributed by atoms with Gasteiger partial charge in [0.15, 0.2) is 0 Å². The van der Waals surface area contributed by atoms with Crippen molar-refractivity contribution in [1.82, 2.24) is 20.9 Å². The van der Waals surface area contributed by atoms with E-state index in [1.165, 1.54) is 63.6 Å². The number of nitrogens with zero attached hydrogens (tertiary/aromatic N) is 1. The van der Waals surface area contributed by atoms with Gasteiger partial charge >= 0.3 is 6.03 Å². The van der Waals surface area contributed by atoms with Crippen LogP contribution in [0.5, 0.6) is 0 Å². The molecule has 1 aliphatic heterocycles. The molecule has 1 saturated heterocycles. The third-order valence-electron chi connectivity index (χ3n) is 6.39. The number of hydrogen-bond acceptors (Lipinski definition) is 3. The number of amides is 3. The van der Waals surface area contributed by atoms with E-state index in [-0.39, 0.29) is 11.9 Å². The van der Waals surface area contributed by atoms with Crippen LogP contribution in [0.4, 0.5) is 4.79 Å². The lowest BCUT2D eigenvalue weighted by atomic mass is 9.96. The molecule has 1 aromatic rings. The molecule has 1 heterocycles. The van der Waals surface area contributed by atoms with Gasteiger partial charge in [-0.05, 0) is 56.3 Å². The smallest absolute Gasteiger partial charge is 0.315 e. The first-order valence-corrected chi connectivity index (χ1v) is 12.3. The van der Waals surface area contributed by atoms with Gasteiger partial charge in [0.2, 0.25) is 5.91 Å². The highest BCUT2D eigenvalue weighted by molar-refractivity contribution is 5.76. The van der Waals surface area contributed by atoms with Crippen molar-refractivity contribution in [3.8, 4) is 0 Å². The first-order chi connectivity index (χ1) is 15.2. The fourth-order valence-corrected chi connectivity index (χ4v) is 4.61. The number of carbonyl (C=O) groups is 2. The molecule has 172 valence electrons. The van der Waals surface area contributed by atoms with Crippen LogP contribution < -0.4 is 16.0 Å². The van der Waals surface area contributed by atoms with Gasteiger partial charge in [-0.25, -0.2) is 4.79 Å². The predicted molar refractivity (Wildman–Crippen MR) is 125 cm³/mol. The summed E-state index contributed by atoms with van der Waals surface area (Å²) in [4.78, 5) is 26.6. The van der Waals surface area contributed by atoms with Crippen molar-refractivity contribution >= 4 is 11.9 Å². The molecule has 31 heavy (non-hydrogen) atoms. The molecule has 3 amide bonds. The molecule has 1 aliphatic carbocycles. The average molecular weight is 429 g/mol. The number of hydrogen-bond donors (Lipinski definition) is 3. The summed E-state index contributed by atoms with van der Waals surface area (Å²) in [6.07, 6.45) is 12.2. The number of likely N-dealkylation sites (tertiary alicyclic amines) is 1. The second-order valence-electron chi connectivity index (χ2n) is 9.13. The van der Waals surface area contributed by atoms with Gasteiger partial charge in [0.25, 0.3) is 0 Å². The molecule has 6 nitrogen and oxygen atoms in total. The molecule has 2 aliphatic rings. The number of rotatable bonds is 9. The molecule has 3 rings (SSSR count). The maximum atomic E-state index is 12.2. The Balaban J connectivity index is 1.29. The topological polar surface area (TPSA) is 73.5 Å². The molecule has 0 atom stereocenters. The van der Waals surface area contributed by atoms with Crippen LogP contribution in [0.1, 0.15) is 81.8 Å². The second kappa shape index (κ2) is 13.4. The van der Waals surface area contributed by atoms with Gasteiger partial charge in [-0.3, -0.25) is 9.69 Å². The SMILES string of the molecule is O=C(CCCNC(=O)NC1CCCCC1)NCc1cccc(CN2CCCCCC2)c1. The number of carbonyl (C=O) groups excluding carboxylic acids is 2. The van der Waals surface area contributed by atoms with Crippen molar-refractivity contribution < 1.29 is 9.59 Å². The molecule has 1 aromatic carbocycles. The van der Waals surface area contributed by atoms with E-state index in [1.807, 2.05) is 0 Å². The molecule has 3 N–H and O–H groups in total. The van der Waals surface area contributed by atoms with Crippen LogP contribution in [0.2, 0.25) is 0 Å². The first-order valence-electron chi connectivity index (χ1n) is 12.3. The third kappa shape index (κ3) is 9.30. The summed E-state index contributed by atoms with van der Waals surface area (Å²) in [5, 5.41) is 8.93. The van der Waals surface area contributed by atoms with E-state index in [1.54, 1.807) is 0 Å². The Hall–Kier alpha value is -2.08. The summed E-state index contributed by atoms with van der Waals surface area (Å²) < 4.78 is 0. The quantitative estimate of drug-likeness (QED) is 0.519. The maximum absolute atomic E-state index is 12.2. The van der Waals surface area contributed by atoms with Crippen LogP contribution in [0.15, 0.2) is 24.3 Å². The lowest BCUT2D eigenvalue weighted by Crippen LogP contribution is -2.43. The Bertz CT molecular complexity index is 680. The van der Waals surface area contributed by atoms with Gasteiger partial charge in [0.1, 0.15) is 0 Å². The highest BCUT2D eigenvalue weighted by atomic mass is 16.2. The van der Waals surface area contributed by atoms with Crippen LogP contribution in [0.3, 0.4) is 0 Å². The largest absolute Gasteiger partial charge is 0.352 e. The first kappa shape index (κ1) is 23.6. The molecule has 0 radical (unpaired) electrons. The zero-order chi connectivity index (χ0) is 21.7. The highest BCUT2D eigenvalue weighted by Gasteiger charge is 2.15. The van der Waals surface area contributed by atoms with E-state index in [4.69, 9.17) is 0 Å². The van der Waals surface area contributed by atoms with E-state index >= 15 is 0 Å². The molecule has 1 saturated carbocycles. The number of urea groups is 1. The Labute approximate surface area is 187 Å². The zero-order valence-corrected chi connectivity index (χ0v) is 19.0. The van der Waals surface area contributed by atoms with Crippen molar-refractivity contribution in [2.45, 2.75) is 89.8 Å². The van der Waals surface area contributed by atoms with E-state index in [9.17, 15) is 9.59 Å². The van der Waals surface area contributed by atoms with Gasteiger partial charge in [-0.15, -0.1) is 0 Å². The van der Waals surface area contributed by atoms with Gasteiger partial charge in [0, 0.05) is 32.1 Å². The molecule has 2 fully saturated rings. The summed E-state index contributed by atoms with van der Waals surface area (Å²) in [6.45, 7) is 4.46. The maximum Gasteiger partial charge on any atom is 0.315 e. The minimum atomic E-state index is -0.103. The predicted octanol–water partition coefficient (Wildman–Crippen LogP) is 4.09. The highest BCUT2D eigenvalue weighted by Crippen LogP contribution is 2.17. The molecule has 0 bridgehead atoms. The summed E-state index contributed by atoms with van der Waals surface area (Å²) in [5.41, 5.74) is 2.47. The lowest BCUT2D eigenvalue weighted by Gasteiger charge is -2.22. The van der Waals surface area contributed by atoms with Gasteiger partial charge in [0.05, 0.1) is 0 Å². The van der Waals surface area contributed by atoms with Crippen LogP contribution >= 0.6 is 0 Å². The molecule has 0 unspecified atom stereocenters. The summed E-state index contributed by atoms with van der Waals surface area (Å²) in [5.74, 6) is 0.0346. The van der Waals surface area contributed by atoms with E-state index in [2.05, 4.69) is 45.1 Å². The Morgan fingerprint density at radius 2 is 1.61 bits per heavy atom. The molecule has 0 spiro atoms. The van der Waals surface area contributed by atoms with Crippen LogP contribution in [0.25, 0.3) is 0 Å². The Kier molecular flexibility index (Phi) is 10.2. The molecule has 0 aromatic heterocycles. The standard InChI is InChI=1S/C25H40N4O2/c30-24(14-9-15-26-25(31)28-23-12-4-3-5-13-23)27-19-21-10-8-11-22(18-21)20-29-16-6-1-2-7-17-29/h8,10-11,18,23H,1-7,9,12-17,19-20H2,(H,27,30)(H2,26,28,31). The molecular weight excluding hydrogens is 388 g/mol. The molecular formula is C25H40N4O2. The fraction of sp³-hybridized carbons (Fsp3) is 0.680. The van der Waals surface area contributed by atoms with Crippen molar-refractivity contribution in [2.75, 3.05) is 19.6 Å². The van der Waals surface area contributed by atoms with Crippen molar-refractivity contribution in [3.63, 3.8) is 0 Å². The fourth-order valence-electron chi connectivity index (χ4n) is 4.61. The zero-order valence-electron chi connectivity index (χ0n) is 19.0.